The van der Waals surface area contributed by atoms with E-state index >= 15 is 0 Å². The monoisotopic (exact) mass is 842 g/mol. The van der Waals surface area contributed by atoms with Gasteiger partial charge in [0.2, 0.25) is 20.6 Å². The van der Waals surface area contributed by atoms with Crippen molar-refractivity contribution >= 4 is 129 Å². The maximum atomic E-state index is 11.6. The van der Waals surface area contributed by atoms with Gasteiger partial charge in [-0.15, -0.1) is 0 Å². The SMILES string of the molecule is C[Si](C)(C)[SiH](O)O[Si]([Si](O[SiH2]O)([SiH2]O)[SiH2]O)([Si](O[SiH2]O)([SiH2]O)[SiH2]O)[Si](C)(C)C1CCCCCC1.O=[Si](O[SiH2]O)[SiH2]O. The first-order chi connectivity index (χ1) is 19.2. The molecule has 1 atom stereocenters. The van der Waals surface area contributed by atoms with Crippen LogP contribution < -0.4 is 0 Å². The van der Waals surface area contributed by atoms with E-state index in [0.717, 1.165) is 38.5 Å². The Kier molecular flexibility index (Phi) is 21.8. The molecular weight excluding hydrogens is 789 g/mol. The molecule has 1 fully saturated rings. The van der Waals surface area contributed by atoms with E-state index in [-0.39, 0.29) is 0 Å². The van der Waals surface area contributed by atoms with Crippen LogP contribution in [0.2, 0.25) is 38.3 Å². The minimum Gasteiger partial charge on any atom is -0.565 e. The van der Waals surface area contributed by atoms with Crippen molar-refractivity contribution in [3.05, 3.63) is 0 Å². The Bertz CT molecular complexity index is 712. The van der Waals surface area contributed by atoms with Crippen LogP contribution in [-0.4, -0.2) is 173 Å². The fraction of sp³-hybridized carbons (Fsp3) is 1.00. The zero-order valence-corrected chi connectivity index (χ0v) is 43.6. The lowest BCUT2D eigenvalue weighted by Gasteiger charge is -2.61. The van der Waals surface area contributed by atoms with E-state index in [0.29, 0.717) is 5.54 Å². The normalized spacial score (nSPS) is 22.8. The molecule has 0 aliphatic heterocycles. The molecule has 29 heteroatoms. The Balaban J connectivity index is 0.00000201. The van der Waals surface area contributed by atoms with Gasteiger partial charge >= 0.3 is 18.5 Å². The summed E-state index contributed by atoms with van der Waals surface area (Å²) < 4.78 is 33.9. The molecule has 0 aromatic heterocycles. The highest BCUT2D eigenvalue weighted by Gasteiger charge is 2.79. The third kappa shape index (κ3) is 10.7. The molecule has 0 spiro atoms. The van der Waals surface area contributed by atoms with Crippen LogP contribution in [0.5, 0.6) is 0 Å². The van der Waals surface area contributed by atoms with E-state index in [1.165, 1.54) is 0 Å². The molecule has 0 aromatic rings. The van der Waals surface area contributed by atoms with Crippen LogP contribution in [0.1, 0.15) is 38.5 Å². The molecule has 0 heterocycles. The first-order valence-electron chi connectivity index (χ1n) is 13.8. The first kappa shape index (κ1) is 43.4. The van der Waals surface area contributed by atoms with Crippen molar-refractivity contribution in [2.75, 3.05) is 0 Å². The number of rotatable bonds is 18. The minimum atomic E-state index is -3.59. The fourth-order valence-corrected chi connectivity index (χ4v) is 257. The van der Waals surface area contributed by atoms with E-state index in [9.17, 15) is 38.0 Å². The Morgan fingerprint density at radius 3 is 1.39 bits per heavy atom. The highest BCUT2D eigenvalue weighted by Crippen LogP contribution is 2.47. The summed E-state index contributed by atoms with van der Waals surface area (Å²) in [4.78, 5) is 92.2. The van der Waals surface area contributed by atoms with Gasteiger partial charge in [0, 0.05) is 0 Å². The molecule has 9 N–H and O–H groups in total. The smallest absolute Gasteiger partial charge is 0.482 e. The van der Waals surface area contributed by atoms with Crippen LogP contribution in [0.25, 0.3) is 0 Å². The maximum absolute atomic E-state index is 11.6. The first-order valence-corrected chi connectivity index (χ1v) is 51.7. The lowest BCUT2D eigenvalue weighted by atomic mass is 10.2. The molecular formula is C12H54O14Si15. The third-order valence-corrected chi connectivity index (χ3v) is 155. The van der Waals surface area contributed by atoms with Crippen molar-refractivity contribution in [1.82, 2.24) is 0 Å². The summed E-state index contributed by atoms with van der Waals surface area (Å²) in [5, 5.41) is 0. The molecule has 1 aliphatic rings. The Morgan fingerprint density at radius 2 is 1.12 bits per heavy atom. The average molecular weight is 844 g/mol. The van der Waals surface area contributed by atoms with Crippen LogP contribution in [0.3, 0.4) is 0 Å². The molecule has 246 valence electrons. The van der Waals surface area contributed by atoms with Gasteiger partial charge in [0.05, 0.1) is 15.2 Å². The molecule has 14 nitrogen and oxygen atoms in total. The summed E-state index contributed by atoms with van der Waals surface area (Å²) in [5.74, 6) is 0. The quantitative estimate of drug-likeness (QED) is 0.0461. The number of hydrogen-bond donors (Lipinski definition) is 9. The second kappa shape index (κ2) is 20.6. The van der Waals surface area contributed by atoms with Gasteiger partial charge < -0.3 is 64.1 Å². The van der Waals surface area contributed by atoms with Crippen LogP contribution in [0.15, 0.2) is 0 Å². The molecule has 0 saturated heterocycles. The Labute approximate surface area is 268 Å². The van der Waals surface area contributed by atoms with Crippen molar-refractivity contribution in [3.8, 4) is 0 Å². The minimum absolute atomic E-state index is 0.290. The van der Waals surface area contributed by atoms with Crippen LogP contribution in [0.4, 0.5) is 0 Å². The highest BCUT2D eigenvalue weighted by atomic mass is 30.3. The molecule has 0 bridgehead atoms. The van der Waals surface area contributed by atoms with Gasteiger partial charge in [0.15, 0.2) is 37.1 Å². The molecule has 0 radical (unpaired) electrons. The second-order valence-corrected chi connectivity index (χ2v) is 96.0. The molecule has 0 aromatic carbocycles. The predicted molar refractivity (Wildman–Crippen MR) is 196 cm³/mol. The van der Waals surface area contributed by atoms with Gasteiger partial charge in [-0.25, -0.2) is 0 Å². The summed E-state index contributed by atoms with van der Waals surface area (Å²) in [6, 6.07) is 0. The average Bonchev–Trinajstić information content (AvgIpc) is 3.24. The van der Waals surface area contributed by atoms with Gasteiger partial charge in [-0.3, -0.25) is 0 Å². The van der Waals surface area contributed by atoms with E-state index in [1.807, 2.05) is 19.6 Å². The van der Waals surface area contributed by atoms with E-state index < -0.39 is 129 Å². The summed E-state index contributed by atoms with van der Waals surface area (Å²) in [7, 11) is -24.9. The standard InChI is InChI=1S/C12H48O10Si12.H6O4Si3/c1-30(2,3)29(19)22-34(32(25-15,26-16)20-23-13,33(27-17,28-18)21-24-14)31(4,5)12-10-8-6-7-9-11-12;1-5-4-7(3)6-2/h12-19,29H,6-11,23-28H2,1-5H3;1-2H,5-6H2. The summed E-state index contributed by atoms with van der Waals surface area (Å²) >= 11 is 0. The van der Waals surface area contributed by atoms with Gasteiger partial charge in [-0.1, -0.05) is 71.3 Å². The van der Waals surface area contributed by atoms with Crippen molar-refractivity contribution in [1.29, 1.82) is 0 Å². The van der Waals surface area contributed by atoms with Crippen molar-refractivity contribution in [2.24, 2.45) is 0 Å². The predicted octanol–water partition coefficient (Wildman–Crippen LogP) is -10.1. The summed E-state index contributed by atoms with van der Waals surface area (Å²) in [6.45, 7) is 0.0829. The van der Waals surface area contributed by atoms with Gasteiger partial charge in [0.1, 0.15) is 0 Å². The van der Waals surface area contributed by atoms with Crippen LogP contribution >= 0.6 is 0 Å². The maximum Gasteiger partial charge on any atom is 0.482 e. The van der Waals surface area contributed by atoms with E-state index in [1.54, 1.807) is 0 Å². The van der Waals surface area contributed by atoms with Gasteiger partial charge in [0.25, 0.3) is 38.1 Å². The molecule has 1 aliphatic carbocycles. The molecule has 1 unspecified atom stereocenters. The van der Waals surface area contributed by atoms with E-state index in [4.69, 9.17) is 21.9 Å². The molecule has 0 amide bonds. The molecule has 1 saturated carbocycles. The number of hydrogen-bond acceptors (Lipinski definition) is 14. The lowest BCUT2D eigenvalue weighted by molar-refractivity contribution is 0.419. The molecule has 41 heavy (non-hydrogen) atoms. The Hall–Kier alpha value is 2.37. The second-order valence-electron chi connectivity index (χ2n) is 11.9. The zero-order chi connectivity index (χ0) is 32.0. The molecule has 1 rings (SSSR count). The van der Waals surface area contributed by atoms with Crippen molar-refractivity contribution < 1.29 is 64.1 Å². The van der Waals surface area contributed by atoms with Crippen molar-refractivity contribution in [3.63, 3.8) is 0 Å². The van der Waals surface area contributed by atoms with E-state index in [2.05, 4.69) is 17.2 Å². The van der Waals surface area contributed by atoms with Gasteiger partial charge in [-0.2, -0.15) is 0 Å². The van der Waals surface area contributed by atoms with Crippen molar-refractivity contribution in [2.45, 2.75) is 76.8 Å². The summed E-state index contributed by atoms with van der Waals surface area (Å²) in [6.07, 6.45) is 6.44. The zero-order valence-electron chi connectivity index (χ0n) is 25.1. The lowest BCUT2D eigenvalue weighted by Crippen LogP contribution is -2.98. The topological polar surface area (TPSA) is 236 Å². The van der Waals surface area contributed by atoms with Crippen LogP contribution in [0, 0.1) is 0 Å². The van der Waals surface area contributed by atoms with Gasteiger partial charge in [-0.05, 0) is 5.54 Å². The van der Waals surface area contributed by atoms with Crippen LogP contribution in [-0.2, 0) is 20.9 Å². The highest BCUT2D eigenvalue weighted by molar-refractivity contribution is 8.08. The third-order valence-electron chi connectivity index (χ3n) is 8.15. The largest absolute Gasteiger partial charge is 0.565 e. The fourth-order valence-electron chi connectivity index (χ4n) is 5.88. The Morgan fingerprint density at radius 1 is 0.707 bits per heavy atom. The summed E-state index contributed by atoms with van der Waals surface area (Å²) in [5.41, 5.74) is 0.290.